The Balaban J connectivity index is 2.56. The molecule has 2 rings (SSSR count). The summed E-state index contributed by atoms with van der Waals surface area (Å²) in [6, 6.07) is 5.42. The van der Waals surface area contributed by atoms with Gasteiger partial charge in [-0.2, -0.15) is 0 Å². The quantitative estimate of drug-likeness (QED) is 0.335. The highest BCUT2D eigenvalue weighted by Gasteiger charge is 2.15. The van der Waals surface area contributed by atoms with Crippen molar-refractivity contribution in [3.8, 4) is 11.5 Å². The molecule has 0 aliphatic carbocycles. The monoisotopic (exact) mass is 490 g/mol. The highest BCUT2D eigenvalue weighted by molar-refractivity contribution is 7.07. The lowest BCUT2D eigenvalue weighted by atomic mass is 10.2. The predicted molar refractivity (Wildman–Crippen MR) is 134 cm³/mol. The van der Waals surface area contributed by atoms with E-state index in [1.165, 1.54) is 10.6 Å². The van der Waals surface area contributed by atoms with Crippen LogP contribution in [-0.2, 0) is 20.9 Å². The van der Waals surface area contributed by atoms with E-state index in [1.807, 2.05) is 26.0 Å². The van der Waals surface area contributed by atoms with Crippen LogP contribution in [0, 0.1) is 0 Å². The summed E-state index contributed by atoms with van der Waals surface area (Å²) in [6.45, 7) is 9.27. The van der Waals surface area contributed by atoms with E-state index in [0.29, 0.717) is 40.4 Å². The van der Waals surface area contributed by atoms with Crippen LogP contribution in [0.4, 0.5) is 0 Å². The van der Waals surface area contributed by atoms with Gasteiger partial charge in [-0.15, -0.1) is 11.3 Å². The van der Waals surface area contributed by atoms with Crippen LogP contribution >= 0.6 is 11.3 Å². The maximum Gasteiger partial charge on any atom is 0.333 e. The second kappa shape index (κ2) is 13.6. The molecule has 0 saturated heterocycles. The zero-order chi connectivity index (χ0) is 25.1. The van der Waals surface area contributed by atoms with E-state index in [9.17, 15) is 14.4 Å². The fourth-order valence-electron chi connectivity index (χ4n) is 3.26. The Morgan fingerprint density at radius 3 is 2.47 bits per heavy atom. The van der Waals surface area contributed by atoms with E-state index in [2.05, 4.69) is 6.92 Å². The zero-order valence-electron chi connectivity index (χ0n) is 20.6. The number of nitrogens with zero attached hydrogens (tertiary/aromatic N) is 2. The van der Waals surface area contributed by atoms with E-state index in [1.54, 1.807) is 31.1 Å². The summed E-state index contributed by atoms with van der Waals surface area (Å²) in [5.41, 5.74) is 0.404. The molecule has 0 aliphatic rings. The Morgan fingerprint density at radius 2 is 1.85 bits per heavy atom. The van der Waals surface area contributed by atoms with Crippen LogP contribution in [-0.4, -0.2) is 54.8 Å². The highest BCUT2D eigenvalue weighted by Crippen LogP contribution is 2.28. The molecule has 8 nitrogen and oxygen atoms in total. The topological polar surface area (TPSA) is 87.1 Å². The van der Waals surface area contributed by atoms with Gasteiger partial charge in [-0.05, 0) is 51.0 Å². The van der Waals surface area contributed by atoms with Crippen LogP contribution in [0.3, 0.4) is 0 Å². The maximum absolute atomic E-state index is 13.2. The smallest absolute Gasteiger partial charge is 0.333 e. The standard InChI is InChI=1S/C25H34N2O6S/c1-6-10-13-33-20-14-18(11-12-19(20)31-5)15-21-25(30)27(17-22(28)26(7-2)8-3)23(34-21)16-24(29)32-9-4/h11-12,14-16H,6-10,13,17H2,1-5H3/b21-15-,23-16-. The number of rotatable bonds is 12. The molecule has 0 aliphatic heterocycles. The normalized spacial score (nSPS) is 12.0. The number of methoxy groups -OCH3 is 1. The van der Waals surface area contributed by atoms with Crippen molar-refractivity contribution in [1.82, 2.24) is 9.47 Å². The lowest BCUT2D eigenvalue weighted by Gasteiger charge is -2.18. The Labute approximate surface area is 204 Å². The van der Waals surface area contributed by atoms with E-state index in [-0.39, 0.29) is 24.6 Å². The number of amides is 1. The Bertz CT molecular complexity index is 1150. The molecule has 0 atom stereocenters. The summed E-state index contributed by atoms with van der Waals surface area (Å²) >= 11 is 1.14. The van der Waals surface area contributed by atoms with Gasteiger partial charge < -0.3 is 19.1 Å². The summed E-state index contributed by atoms with van der Waals surface area (Å²) in [5.74, 6) is 0.455. The van der Waals surface area contributed by atoms with Gasteiger partial charge in [0.15, 0.2) is 11.5 Å². The van der Waals surface area contributed by atoms with Gasteiger partial charge in [0.1, 0.15) is 11.2 Å². The molecule has 0 N–H and O–H groups in total. The fraction of sp³-hybridized carbons (Fsp3) is 0.480. The Hall–Kier alpha value is -3.07. The van der Waals surface area contributed by atoms with Gasteiger partial charge in [-0.25, -0.2) is 4.79 Å². The molecule has 34 heavy (non-hydrogen) atoms. The van der Waals surface area contributed by atoms with Gasteiger partial charge in [0.2, 0.25) is 5.91 Å². The molecule has 186 valence electrons. The minimum Gasteiger partial charge on any atom is -0.493 e. The minimum absolute atomic E-state index is 0.149. The molecule has 0 saturated carbocycles. The van der Waals surface area contributed by atoms with Crippen molar-refractivity contribution in [2.45, 2.75) is 47.1 Å². The van der Waals surface area contributed by atoms with Crippen LogP contribution in [0.2, 0.25) is 0 Å². The van der Waals surface area contributed by atoms with Gasteiger partial charge in [0.25, 0.3) is 5.56 Å². The molecule has 1 aromatic heterocycles. The number of unbranched alkanes of at least 4 members (excludes halogenated alkanes) is 1. The molecule has 2 aromatic rings. The molecule has 9 heteroatoms. The minimum atomic E-state index is -0.560. The van der Waals surface area contributed by atoms with E-state index in [4.69, 9.17) is 14.2 Å². The number of esters is 1. The summed E-state index contributed by atoms with van der Waals surface area (Å²) in [5, 5.41) is 0. The first-order valence-corrected chi connectivity index (χ1v) is 12.4. The molecular formula is C25H34N2O6S. The number of hydrogen-bond acceptors (Lipinski definition) is 7. The van der Waals surface area contributed by atoms with Crippen molar-refractivity contribution in [1.29, 1.82) is 0 Å². The van der Waals surface area contributed by atoms with Gasteiger partial charge in [0, 0.05) is 13.1 Å². The van der Waals surface area contributed by atoms with Crippen molar-refractivity contribution in [3.63, 3.8) is 0 Å². The molecule has 0 bridgehead atoms. The maximum atomic E-state index is 13.2. The second-order valence-corrected chi connectivity index (χ2v) is 8.48. The Morgan fingerprint density at radius 1 is 1.12 bits per heavy atom. The molecule has 1 heterocycles. The second-order valence-electron chi connectivity index (χ2n) is 7.41. The first kappa shape index (κ1) is 27.2. The Kier molecular flexibility index (Phi) is 10.9. The van der Waals surface area contributed by atoms with Crippen LogP contribution in [0.5, 0.6) is 11.5 Å². The molecular weight excluding hydrogens is 456 g/mol. The van der Waals surface area contributed by atoms with Crippen molar-refractivity contribution in [2.24, 2.45) is 0 Å². The molecule has 1 aromatic carbocycles. The average molecular weight is 491 g/mol. The number of benzene rings is 1. The zero-order valence-corrected chi connectivity index (χ0v) is 21.4. The highest BCUT2D eigenvalue weighted by atomic mass is 32.1. The number of ether oxygens (including phenoxy) is 3. The number of thiazole rings is 1. The van der Waals surface area contributed by atoms with Crippen LogP contribution < -0.4 is 24.2 Å². The number of carbonyl (C=O) groups is 2. The third-order valence-electron chi connectivity index (χ3n) is 5.11. The average Bonchev–Trinajstić information content (AvgIpc) is 3.09. The number of hydrogen-bond donors (Lipinski definition) is 0. The first-order chi connectivity index (χ1) is 16.4. The van der Waals surface area contributed by atoms with Gasteiger partial charge in [-0.1, -0.05) is 19.4 Å². The van der Waals surface area contributed by atoms with E-state index < -0.39 is 5.97 Å². The van der Waals surface area contributed by atoms with Crippen molar-refractivity contribution < 1.29 is 23.8 Å². The molecule has 1 amide bonds. The van der Waals surface area contributed by atoms with Crippen molar-refractivity contribution >= 4 is 35.4 Å². The predicted octanol–water partition coefficient (Wildman–Crippen LogP) is 2.14. The summed E-state index contributed by atoms with van der Waals surface area (Å²) in [6.07, 6.45) is 4.91. The lowest BCUT2D eigenvalue weighted by molar-refractivity contribution is -0.135. The SMILES string of the molecule is CCCCOc1cc(/C=c2\s/c(=C\C(=O)OCC)n(CC(=O)N(CC)CC)c2=O)ccc1OC. The third kappa shape index (κ3) is 7.21. The first-order valence-electron chi connectivity index (χ1n) is 11.6. The van der Waals surface area contributed by atoms with Gasteiger partial charge >= 0.3 is 5.97 Å². The van der Waals surface area contributed by atoms with Crippen LogP contribution in [0.1, 0.15) is 46.1 Å². The molecule has 0 spiro atoms. The van der Waals surface area contributed by atoms with Crippen molar-refractivity contribution in [2.75, 3.05) is 33.4 Å². The number of likely N-dealkylation sites (N-methyl/N-ethyl adjacent to an activating group) is 1. The van der Waals surface area contributed by atoms with Crippen LogP contribution in [0.25, 0.3) is 12.2 Å². The lowest BCUT2D eigenvalue weighted by Crippen LogP contribution is -2.40. The number of aromatic nitrogens is 1. The fourth-order valence-corrected chi connectivity index (χ4v) is 4.29. The number of carbonyl (C=O) groups excluding carboxylic acids is 2. The van der Waals surface area contributed by atoms with Gasteiger partial charge in [-0.3, -0.25) is 14.2 Å². The summed E-state index contributed by atoms with van der Waals surface area (Å²) < 4.78 is 18.3. The summed E-state index contributed by atoms with van der Waals surface area (Å²) in [7, 11) is 1.58. The molecule has 0 fully saturated rings. The van der Waals surface area contributed by atoms with E-state index >= 15 is 0 Å². The molecule has 0 radical (unpaired) electrons. The van der Waals surface area contributed by atoms with Crippen LogP contribution in [0.15, 0.2) is 23.0 Å². The van der Waals surface area contributed by atoms with Crippen molar-refractivity contribution in [3.05, 3.63) is 43.3 Å². The van der Waals surface area contributed by atoms with E-state index in [0.717, 1.165) is 29.7 Å². The molecule has 0 unspecified atom stereocenters. The third-order valence-corrected chi connectivity index (χ3v) is 6.17. The largest absolute Gasteiger partial charge is 0.493 e. The summed E-state index contributed by atoms with van der Waals surface area (Å²) in [4.78, 5) is 39.7. The van der Waals surface area contributed by atoms with Gasteiger partial charge in [0.05, 0.1) is 30.9 Å².